The fourth-order valence-electron chi connectivity index (χ4n) is 2.18. The van der Waals surface area contributed by atoms with Crippen molar-refractivity contribution in [1.29, 1.82) is 0 Å². The number of rotatable bonds is 1. The molecule has 4 N–H and O–H groups in total. The molecule has 0 unspecified atom stereocenters. The predicted octanol–water partition coefficient (Wildman–Crippen LogP) is 2.95. The monoisotopic (exact) mass is 211 g/mol. The zero-order valence-corrected chi connectivity index (χ0v) is 9.04. The third kappa shape index (κ3) is 1.08. The molecule has 0 saturated carbocycles. The summed E-state index contributed by atoms with van der Waals surface area (Å²) in [7, 11) is 1.92. The third-order valence-corrected chi connectivity index (χ3v) is 2.97. The zero-order valence-electron chi connectivity index (χ0n) is 9.04. The third-order valence-electron chi connectivity index (χ3n) is 2.97. The Hall–Kier alpha value is -2.16. The van der Waals surface area contributed by atoms with Gasteiger partial charge in [0.15, 0.2) is 0 Å². The Bertz CT molecular complexity index is 667. The van der Waals surface area contributed by atoms with Crippen LogP contribution in [0.5, 0.6) is 0 Å². The number of nitrogens with two attached hydrogens (primary N) is 1. The van der Waals surface area contributed by atoms with Crippen molar-refractivity contribution in [2.75, 3.05) is 18.1 Å². The Morgan fingerprint density at radius 3 is 2.44 bits per heavy atom. The number of hydrogen-bond acceptors (Lipinski definition) is 2. The van der Waals surface area contributed by atoms with Crippen LogP contribution in [-0.2, 0) is 0 Å². The molecule has 3 heteroatoms. The van der Waals surface area contributed by atoms with Crippen molar-refractivity contribution in [3.8, 4) is 0 Å². The van der Waals surface area contributed by atoms with Crippen molar-refractivity contribution in [2.24, 2.45) is 0 Å². The Morgan fingerprint density at radius 2 is 1.69 bits per heavy atom. The van der Waals surface area contributed by atoms with Crippen LogP contribution in [0.25, 0.3) is 21.8 Å². The number of anilines is 2. The summed E-state index contributed by atoms with van der Waals surface area (Å²) in [6.45, 7) is 0. The van der Waals surface area contributed by atoms with E-state index in [1.54, 1.807) is 0 Å². The first-order valence-corrected chi connectivity index (χ1v) is 5.28. The van der Waals surface area contributed by atoms with Crippen LogP contribution in [0, 0.1) is 0 Å². The summed E-state index contributed by atoms with van der Waals surface area (Å²) in [5.74, 6) is 0. The van der Waals surface area contributed by atoms with Crippen molar-refractivity contribution in [2.45, 2.75) is 0 Å². The molecule has 3 aromatic rings. The lowest BCUT2D eigenvalue weighted by molar-refractivity contribution is 1.49. The first-order chi connectivity index (χ1) is 7.81. The molecular weight excluding hydrogens is 198 g/mol. The van der Waals surface area contributed by atoms with Gasteiger partial charge in [-0.15, -0.1) is 0 Å². The molecule has 16 heavy (non-hydrogen) atoms. The van der Waals surface area contributed by atoms with E-state index >= 15 is 0 Å². The van der Waals surface area contributed by atoms with E-state index in [4.69, 9.17) is 5.73 Å². The van der Waals surface area contributed by atoms with Gasteiger partial charge in [-0.05, 0) is 12.1 Å². The van der Waals surface area contributed by atoms with Gasteiger partial charge in [-0.3, -0.25) is 0 Å². The average molecular weight is 211 g/mol. The second-order valence-corrected chi connectivity index (χ2v) is 3.87. The van der Waals surface area contributed by atoms with Crippen LogP contribution in [-0.4, -0.2) is 12.0 Å². The molecule has 0 amide bonds. The largest absolute Gasteiger partial charge is 0.397 e. The Labute approximate surface area is 93.3 Å². The lowest BCUT2D eigenvalue weighted by Crippen LogP contribution is -1.88. The van der Waals surface area contributed by atoms with Gasteiger partial charge in [-0.1, -0.05) is 24.3 Å². The predicted molar refractivity (Wildman–Crippen MR) is 69.8 cm³/mol. The highest BCUT2D eigenvalue weighted by Crippen LogP contribution is 2.32. The molecule has 0 fully saturated rings. The molecule has 3 rings (SSSR count). The van der Waals surface area contributed by atoms with E-state index in [-0.39, 0.29) is 0 Å². The van der Waals surface area contributed by atoms with E-state index in [1.807, 2.05) is 31.3 Å². The maximum atomic E-state index is 5.96. The second kappa shape index (κ2) is 3.17. The smallest absolute Gasteiger partial charge is 0.0701 e. The molecule has 0 aliphatic heterocycles. The van der Waals surface area contributed by atoms with Gasteiger partial charge in [0.2, 0.25) is 0 Å². The lowest BCUT2D eigenvalue weighted by atomic mass is 10.1. The number of benzene rings is 2. The van der Waals surface area contributed by atoms with Gasteiger partial charge in [0.25, 0.3) is 0 Å². The van der Waals surface area contributed by atoms with E-state index in [0.717, 1.165) is 22.4 Å². The summed E-state index contributed by atoms with van der Waals surface area (Å²) in [5.41, 5.74) is 9.96. The first-order valence-electron chi connectivity index (χ1n) is 5.28. The number of H-pyrrole nitrogens is 1. The van der Waals surface area contributed by atoms with Crippen LogP contribution in [0.4, 0.5) is 11.4 Å². The zero-order chi connectivity index (χ0) is 11.1. The molecule has 0 radical (unpaired) electrons. The number of hydrogen-bond donors (Lipinski definition) is 3. The van der Waals surface area contributed by atoms with E-state index in [2.05, 4.69) is 22.4 Å². The number of aromatic nitrogens is 1. The minimum absolute atomic E-state index is 0.788. The number of aromatic amines is 1. The van der Waals surface area contributed by atoms with Gasteiger partial charge in [0.1, 0.15) is 0 Å². The maximum absolute atomic E-state index is 5.96. The molecule has 3 nitrogen and oxygen atoms in total. The van der Waals surface area contributed by atoms with E-state index in [0.29, 0.717) is 0 Å². The molecule has 2 aromatic carbocycles. The summed E-state index contributed by atoms with van der Waals surface area (Å²) < 4.78 is 0. The van der Waals surface area contributed by atoms with Crippen molar-refractivity contribution in [1.82, 2.24) is 4.98 Å². The Kier molecular flexibility index (Phi) is 1.80. The molecule has 0 aliphatic rings. The summed E-state index contributed by atoms with van der Waals surface area (Å²) in [6.07, 6.45) is 0. The summed E-state index contributed by atoms with van der Waals surface area (Å²) in [6, 6.07) is 12.2. The molecule has 0 bridgehead atoms. The highest BCUT2D eigenvalue weighted by Gasteiger charge is 2.08. The fraction of sp³-hybridized carbons (Fsp3) is 0.0769. The number of para-hydroxylation sites is 2. The fourth-order valence-corrected chi connectivity index (χ4v) is 2.18. The summed E-state index contributed by atoms with van der Waals surface area (Å²) in [4.78, 5) is 3.38. The summed E-state index contributed by atoms with van der Waals surface area (Å²) >= 11 is 0. The second-order valence-electron chi connectivity index (χ2n) is 3.87. The minimum atomic E-state index is 0.788. The summed E-state index contributed by atoms with van der Waals surface area (Å²) in [5, 5.41) is 5.55. The van der Waals surface area contributed by atoms with Gasteiger partial charge in [-0.25, -0.2) is 0 Å². The molecule has 0 aliphatic carbocycles. The number of nitrogen functional groups attached to an aromatic ring is 1. The van der Waals surface area contributed by atoms with Crippen LogP contribution in [0.3, 0.4) is 0 Å². The number of nitrogens with one attached hydrogen (secondary N) is 2. The quantitative estimate of drug-likeness (QED) is 0.542. The maximum Gasteiger partial charge on any atom is 0.0701 e. The van der Waals surface area contributed by atoms with E-state index < -0.39 is 0 Å². The number of fused-ring (bicyclic) bond motifs is 3. The van der Waals surface area contributed by atoms with Crippen LogP contribution < -0.4 is 11.1 Å². The molecule has 0 saturated heterocycles. The molecule has 1 heterocycles. The van der Waals surface area contributed by atoms with Crippen molar-refractivity contribution in [3.63, 3.8) is 0 Å². The standard InChI is InChI=1S/C13H13N3/c1-15-11-7-3-5-9-8-4-2-6-10(14)12(8)16-13(9)11/h2-7,15-16H,14H2,1H3. The van der Waals surface area contributed by atoms with Crippen LogP contribution in [0.2, 0.25) is 0 Å². The minimum Gasteiger partial charge on any atom is -0.397 e. The van der Waals surface area contributed by atoms with Crippen LogP contribution in [0.15, 0.2) is 36.4 Å². The SMILES string of the molecule is CNc1cccc2c1[nH]c1c(N)cccc12. The highest BCUT2D eigenvalue weighted by atomic mass is 14.9. The average Bonchev–Trinajstić information content (AvgIpc) is 2.69. The first kappa shape index (κ1) is 9.09. The molecular formula is C13H13N3. The normalized spacial score (nSPS) is 11.1. The van der Waals surface area contributed by atoms with Gasteiger partial charge < -0.3 is 16.0 Å². The molecule has 0 spiro atoms. The van der Waals surface area contributed by atoms with Crippen molar-refractivity contribution >= 4 is 33.2 Å². The molecule has 80 valence electrons. The van der Waals surface area contributed by atoms with Crippen LogP contribution >= 0.6 is 0 Å². The van der Waals surface area contributed by atoms with Crippen molar-refractivity contribution < 1.29 is 0 Å². The van der Waals surface area contributed by atoms with Gasteiger partial charge in [0, 0.05) is 17.8 Å². The van der Waals surface area contributed by atoms with E-state index in [9.17, 15) is 0 Å². The molecule has 0 atom stereocenters. The van der Waals surface area contributed by atoms with Crippen molar-refractivity contribution in [3.05, 3.63) is 36.4 Å². The molecule has 1 aromatic heterocycles. The van der Waals surface area contributed by atoms with Gasteiger partial charge >= 0.3 is 0 Å². The Morgan fingerprint density at radius 1 is 1.00 bits per heavy atom. The highest BCUT2D eigenvalue weighted by molar-refractivity contribution is 6.13. The topological polar surface area (TPSA) is 53.8 Å². The van der Waals surface area contributed by atoms with Gasteiger partial charge in [0.05, 0.1) is 22.4 Å². The Balaban J connectivity index is 2.55. The van der Waals surface area contributed by atoms with Gasteiger partial charge in [-0.2, -0.15) is 0 Å². The van der Waals surface area contributed by atoms with E-state index in [1.165, 1.54) is 10.8 Å². The lowest BCUT2D eigenvalue weighted by Gasteiger charge is -2.00. The van der Waals surface area contributed by atoms with Crippen LogP contribution in [0.1, 0.15) is 0 Å².